The lowest BCUT2D eigenvalue weighted by atomic mass is 10.1. The van der Waals surface area contributed by atoms with E-state index in [0.717, 1.165) is 21.1 Å². The van der Waals surface area contributed by atoms with Crippen LogP contribution < -0.4 is 20.7 Å². The minimum Gasteiger partial charge on any atom is -0.490 e. The van der Waals surface area contributed by atoms with Crippen molar-refractivity contribution in [2.45, 2.75) is 12.6 Å². The Morgan fingerprint density at radius 1 is 1.11 bits per heavy atom. The van der Waals surface area contributed by atoms with Crippen molar-refractivity contribution in [1.29, 1.82) is 0 Å². The van der Waals surface area contributed by atoms with Crippen LogP contribution in [0.5, 0.6) is 11.8 Å². The van der Waals surface area contributed by atoms with Crippen LogP contribution in [0.4, 0.5) is 0 Å². The Labute approximate surface area is 159 Å². The quantitative estimate of drug-likeness (QED) is 0.539. The zero-order valence-electron chi connectivity index (χ0n) is 15.5. The predicted octanol–water partition coefficient (Wildman–Crippen LogP) is 1.43. The van der Waals surface area contributed by atoms with Gasteiger partial charge in [0.2, 0.25) is 0 Å². The molecule has 3 heterocycles. The molecule has 0 aliphatic carbocycles. The summed E-state index contributed by atoms with van der Waals surface area (Å²) in [5.74, 6) is 0.759. The molecule has 0 spiro atoms. The third-order valence-electron chi connectivity index (χ3n) is 5.13. The first-order valence-corrected chi connectivity index (χ1v) is 8.97. The minimum absolute atomic E-state index is 0.264. The molecule has 0 fully saturated rings. The average Bonchev–Trinajstić information content (AvgIpc) is 3.26. The number of hydrogen-bond acceptors (Lipinski definition) is 5. The van der Waals surface area contributed by atoms with Crippen molar-refractivity contribution >= 4 is 21.9 Å². The first-order valence-electron chi connectivity index (χ1n) is 8.97. The molecular weight excluding hydrogens is 360 g/mol. The zero-order valence-corrected chi connectivity index (χ0v) is 15.5. The van der Waals surface area contributed by atoms with Crippen LogP contribution in [-0.2, 0) is 20.6 Å². The Bertz CT molecular complexity index is 1350. The van der Waals surface area contributed by atoms with Crippen molar-refractivity contribution in [2.24, 2.45) is 14.1 Å². The second-order valence-corrected chi connectivity index (χ2v) is 6.94. The highest BCUT2D eigenvalue weighted by molar-refractivity contribution is 5.83. The van der Waals surface area contributed by atoms with Crippen LogP contribution in [-0.4, -0.2) is 31.4 Å². The largest absolute Gasteiger partial charge is 0.490 e. The smallest absolute Gasteiger partial charge is 0.332 e. The standard InChI is InChI=1S/C20H18N4O4/c1-22-17-16(18(25)23(2)20(22)26)24-10-15(28-19(24)21-17)11-27-14-8-7-12-5-3-4-6-13(12)9-14/h3-9,15H,10-11H2,1-2H3/t15-/m1/s1. The molecule has 0 saturated heterocycles. The SMILES string of the molecule is Cn1c(=O)c2c(nc3n2C[C@H](COc2ccc4ccccc4c2)O3)n(C)c1=O. The van der Waals surface area contributed by atoms with E-state index in [2.05, 4.69) is 11.1 Å². The van der Waals surface area contributed by atoms with Gasteiger partial charge in [0.05, 0.1) is 6.54 Å². The molecular formula is C20H18N4O4. The highest BCUT2D eigenvalue weighted by Gasteiger charge is 2.30. The molecule has 8 nitrogen and oxygen atoms in total. The Morgan fingerprint density at radius 3 is 2.71 bits per heavy atom. The van der Waals surface area contributed by atoms with Crippen molar-refractivity contribution in [3.05, 3.63) is 63.3 Å². The molecule has 0 bridgehead atoms. The third-order valence-corrected chi connectivity index (χ3v) is 5.13. The van der Waals surface area contributed by atoms with E-state index in [9.17, 15) is 9.59 Å². The molecule has 8 heteroatoms. The average molecular weight is 378 g/mol. The van der Waals surface area contributed by atoms with E-state index in [1.165, 1.54) is 11.6 Å². The van der Waals surface area contributed by atoms with Gasteiger partial charge in [-0.15, -0.1) is 0 Å². The molecule has 0 radical (unpaired) electrons. The Kier molecular flexibility index (Phi) is 3.55. The van der Waals surface area contributed by atoms with Crippen LogP contribution in [0.25, 0.3) is 21.9 Å². The van der Waals surface area contributed by atoms with E-state index in [0.29, 0.717) is 30.3 Å². The minimum atomic E-state index is -0.412. The van der Waals surface area contributed by atoms with Gasteiger partial charge < -0.3 is 9.47 Å². The van der Waals surface area contributed by atoms with Gasteiger partial charge >= 0.3 is 5.69 Å². The van der Waals surface area contributed by atoms with Crippen molar-refractivity contribution in [1.82, 2.24) is 18.7 Å². The number of aromatic nitrogens is 4. The normalized spacial score (nSPS) is 15.7. The zero-order chi connectivity index (χ0) is 19.4. The van der Waals surface area contributed by atoms with Crippen LogP contribution >= 0.6 is 0 Å². The number of imidazole rings is 1. The summed E-state index contributed by atoms with van der Waals surface area (Å²) in [5.41, 5.74) is -0.0909. The lowest BCUT2D eigenvalue weighted by molar-refractivity contribution is 0.144. The lowest BCUT2D eigenvalue weighted by Crippen LogP contribution is -2.37. The second-order valence-electron chi connectivity index (χ2n) is 6.94. The molecule has 0 saturated carbocycles. The van der Waals surface area contributed by atoms with Crippen LogP contribution in [0.15, 0.2) is 52.1 Å². The molecule has 2 aromatic carbocycles. The van der Waals surface area contributed by atoms with Gasteiger partial charge in [-0.25, -0.2) is 4.79 Å². The Balaban J connectivity index is 1.39. The van der Waals surface area contributed by atoms with Crippen molar-refractivity contribution in [3.63, 3.8) is 0 Å². The number of rotatable bonds is 3. The third kappa shape index (κ3) is 2.41. The summed E-state index contributed by atoms with van der Waals surface area (Å²) in [6.45, 7) is 0.766. The molecule has 28 heavy (non-hydrogen) atoms. The van der Waals surface area contributed by atoms with Crippen molar-refractivity contribution in [3.8, 4) is 11.8 Å². The summed E-state index contributed by atoms with van der Waals surface area (Å²) in [6, 6.07) is 14.3. The summed E-state index contributed by atoms with van der Waals surface area (Å²) in [7, 11) is 3.05. The number of ether oxygens (including phenoxy) is 2. The van der Waals surface area contributed by atoms with Crippen LogP contribution in [0.2, 0.25) is 0 Å². The summed E-state index contributed by atoms with van der Waals surface area (Å²) in [5, 5.41) is 2.26. The summed E-state index contributed by atoms with van der Waals surface area (Å²) < 4.78 is 15.9. The molecule has 0 unspecified atom stereocenters. The van der Waals surface area contributed by atoms with E-state index >= 15 is 0 Å². The molecule has 2 aromatic heterocycles. The molecule has 0 amide bonds. The molecule has 1 aliphatic heterocycles. The van der Waals surface area contributed by atoms with Gasteiger partial charge in [0, 0.05) is 14.1 Å². The van der Waals surface area contributed by atoms with Crippen molar-refractivity contribution in [2.75, 3.05) is 6.61 Å². The maximum absolute atomic E-state index is 12.5. The predicted molar refractivity (Wildman–Crippen MR) is 104 cm³/mol. The first kappa shape index (κ1) is 16.6. The Morgan fingerprint density at radius 2 is 1.89 bits per heavy atom. The van der Waals surface area contributed by atoms with Crippen molar-refractivity contribution < 1.29 is 9.47 Å². The maximum atomic E-state index is 12.5. The summed E-state index contributed by atoms with van der Waals surface area (Å²) in [6.07, 6.45) is -0.264. The Hall–Kier alpha value is -3.55. The number of hydrogen-bond donors (Lipinski definition) is 0. The summed E-state index contributed by atoms with van der Waals surface area (Å²) in [4.78, 5) is 28.9. The van der Waals surface area contributed by atoms with Gasteiger partial charge in [0.1, 0.15) is 12.4 Å². The first-order chi connectivity index (χ1) is 13.5. The molecule has 4 aromatic rings. The molecule has 1 aliphatic rings. The fourth-order valence-corrected chi connectivity index (χ4v) is 3.61. The summed E-state index contributed by atoms with van der Waals surface area (Å²) >= 11 is 0. The fraction of sp³-hybridized carbons (Fsp3) is 0.250. The van der Waals surface area contributed by atoms with E-state index in [-0.39, 0.29) is 11.7 Å². The highest BCUT2D eigenvalue weighted by Crippen LogP contribution is 2.26. The van der Waals surface area contributed by atoms with Gasteiger partial charge in [-0.3, -0.25) is 18.5 Å². The number of fused-ring (bicyclic) bond motifs is 4. The lowest BCUT2D eigenvalue weighted by Gasteiger charge is -2.12. The molecule has 142 valence electrons. The number of benzene rings is 2. The van der Waals surface area contributed by atoms with Crippen LogP contribution in [0.3, 0.4) is 0 Å². The molecule has 1 atom stereocenters. The van der Waals surface area contributed by atoms with Crippen LogP contribution in [0, 0.1) is 0 Å². The monoisotopic (exact) mass is 378 g/mol. The van der Waals surface area contributed by atoms with Crippen LogP contribution in [0.1, 0.15) is 0 Å². The molecule has 0 N–H and O–H groups in total. The fourth-order valence-electron chi connectivity index (χ4n) is 3.61. The molecule has 5 rings (SSSR count). The van der Waals surface area contributed by atoms with E-state index in [1.807, 2.05) is 36.4 Å². The van der Waals surface area contributed by atoms with Gasteiger partial charge in [0.15, 0.2) is 17.3 Å². The van der Waals surface area contributed by atoms with Gasteiger partial charge in [0.25, 0.3) is 11.6 Å². The van der Waals surface area contributed by atoms with E-state index < -0.39 is 5.69 Å². The van der Waals surface area contributed by atoms with Gasteiger partial charge in [-0.05, 0) is 22.9 Å². The topological polar surface area (TPSA) is 80.3 Å². The number of aryl methyl sites for hydroxylation is 1. The highest BCUT2D eigenvalue weighted by atomic mass is 16.6. The van der Waals surface area contributed by atoms with Gasteiger partial charge in [-0.1, -0.05) is 30.3 Å². The van der Waals surface area contributed by atoms with E-state index in [1.54, 1.807) is 11.6 Å². The van der Waals surface area contributed by atoms with Gasteiger partial charge in [-0.2, -0.15) is 4.98 Å². The number of nitrogens with zero attached hydrogens (tertiary/aromatic N) is 4. The maximum Gasteiger partial charge on any atom is 0.332 e. The van der Waals surface area contributed by atoms with E-state index in [4.69, 9.17) is 9.47 Å². The second kappa shape index (κ2) is 5.98.